The van der Waals surface area contributed by atoms with Crippen LogP contribution in [0, 0.1) is 5.82 Å². The van der Waals surface area contributed by atoms with Crippen molar-refractivity contribution < 1.29 is 9.50 Å². The average Bonchev–Trinajstić information content (AvgIpc) is 2.09. The quantitative estimate of drug-likeness (QED) is 0.629. The predicted molar refractivity (Wildman–Crippen MR) is 61.6 cm³/mol. The normalized spacial score (nSPS) is 14.8. The van der Waals surface area contributed by atoms with Gasteiger partial charge in [0.25, 0.3) is 0 Å². The fourth-order valence-electron chi connectivity index (χ4n) is 1.26. The van der Waals surface area contributed by atoms with Gasteiger partial charge in [-0.2, -0.15) is 0 Å². The third-order valence-corrected chi connectivity index (χ3v) is 4.61. The highest BCUT2D eigenvalue weighted by Gasteiger charge is 2.28. The summed E-state index contributed by atoms with van der Waals surface area (Å²) >= 11 is 7.82. The molecule has 2 rings (SSSR count). The molecule has 0 saturated heterocycles. The van der Waals surface area contributed by atoms with Crippen molar-refractivity contribution in [2.24, 2.45) is 0 Å². The first-order chi connectivity index (χ1) is 6.15. The fraction of sp³-hybridized carbons (Fsp3) is 0.143. The van der Waals surface area contributed by atoms with Gasteiger partial charge in [-0.1, -0.05) is 11.6 Å². The number of rotatable bonds is 1. The summed E-state index contributed by atoms with van der Waals surface area (Å²) in [5.74, 6) is -1.01. The Hall–Kier alpha value is 0.200. The summed E-state index contributed by atoms with van der Waals surface area (Å²) < 4.78 is 15.1. The molecule has 0 fully saturated rings. The summed E-state index contributed by atoms with van der Waals surface area (Å²) in [5.41, 5.74) is 1.50. The number of nitrogens with zero attached hydrogens (tertiary/aromatic N) is 1. The van der Waals surface area contributed by atoms with E-state index in [2.05, 4.69) is 22.0 Å². The number of benzene rings is 1. The van der Waals surface area contributed by atoms with Crippen LogP contribution in [0.5, 0.6) is 5.75 Å². The maximum absolute atomic E-state index is 13.0. The Morgan fingerprint density at radius 1 is 1.69 bits per heavy atom. The topological polar surface area (TPSA) is 23.5 Å². The molecule has 1 aliphatic heterocycles. The highest BCUT2D eigenvalue weighted by atomic mass is 127. The van der Waals surface area contributed by atoms with Crippen molar-refractivity contribution in [3.05, 3.63) is 22.5 Å². The Kier molecular flexibility index (Phi) is 2.55. The minimum Gasteiger partial charge on any atom is -0.504 e. The lowest BCUT2D eigenvalue weighted by Crippen LogP contribution is -2.23. The number of phenolic OH excluding ortho intramolecular Hbond substituents is 1. The second-order valence-corrected chi connectivity index (χ2v) is 5.25. The lowest BCUT2D eigenvalue weighted by molar-refractivity contribution is 0.424. The summed E-state index contributed by atoms with van der Waals surface area (Å²) in [5, 5.41) is 9.33. The van der Waals surface area contributed by atoms with Crippen molar-refractivity contribution in [2.45, 2.75) is 6.54 Å². The van der Waals surface area contributed by atoms with Crippen LogP contribution in [0.1, 0.15) is 5.56 Å². The summed E-state index contributed by atoms with van der Waals surface area (Å²) in [7, 11) is 0. The van der Waals surface area contributed by atoms with Crippen LogP contribution >= 0.6 is 40.0 Å². The van der Waals surface area contributed by atoms with Crippen molar-refractivity contribution >= 4 is 45.7 Å². The van der Waals surface area contributed by atoms with Crippen LogP contribution in [-0.4, -0.2) is 5.11 Å². The van der Waals surface area contributed by atoms with Crippen molar-refractivity contribution in [1.29, 1.82) is 0 Å². The molecule has 0 spiro atoms. The number of hydrogen-bond donors (Lipinski definition) is 1. The van der Waals surface area contributed by atoms with Gasteiger partial charge in [0.15, 0.2) is 11.6 Å². The van der Waals surface area contributed by atoms with Crippen molar-refractivity contribution in [3.8, 4) is 5.75 Å². The summed E-state index contributed by atoms with van der Waals surface area (Å²) in [6.45, 7) is 0.608. The maximum Gasteiger partial charge on any atom is 0.183 e. The molecule has 1 heterocycles. The van der Waals surface area contributed by atoms with Crippen LogP contribution in [0.25, 0.3) is 0 Å². The van der Waals surface area contributed by atoms with Gasteiger partial charge in [0.1, 0.15) is 0 Å². The summed E-state index contributed by atoms with van der Waals surface area (Å²) in [6.07, 6.45) is 0.586. The number of anilines is 1. The Morgan fingerprint density at radius 2 is 2.38 bits per heavy atom. The molecule has 1 aromatic carbocycles. The molecule has 0 aromatic heterocycles. The van der Waals surface area contributed by atoms with Gasteiger partial charge in [-0.05, 0) is 28.1 Å². The zero-order chi connectivity index (χ0) is 9.59. The number of phenols is 1. The molecular weight excluding hydrogens is 326 g/mol. The lowest BCUT2D eigenvalue weighted by Gasteiger charge is -2.34. The zero-order valence-corrected chi connectivity index (χ0v) is 10.2. The highest BCUT2D eigenvalue weighted by Crippen LogP contribution is 2.50. The predicted octanol–water partition coefficient (Wildman–Crippen LogP) is 3.45. The molecule has 0 saturated carbocycles. The second-order valence-electron chi connectivity index (χ2n) is 2.69. The number of aromatic hydroxyl groups is 1. The van der Waals surface area contributed by atoms with E-state index in [1.54, 1.807) is 6.07 Å². The average molecular weight is 331 g/mol. The van der Waals surface area contributed by atoms with Gasteiger partial charge in [0, 0.05) is 11.9 Å². The van der Waals surface area contributed by atoms with E-state index in [1.807, 2.05) is 4.67 Å². The monoisotopic (exact) mass is 331 g/mol. The molecule has 1 aliphatic rings. The third-order valence-electron chi connectivity index (χ3n) is 1.99. The summed E-state index contributed by atoms with van der Waals surface area (Å²) in [4.78, 5) is 0. The molecule has 2 nitrogen and oxygen atoms in total. The number of halogens is 3. The van der Waals surface area contributed by atoms with E-state index in [0.29, 0.717) is 18.5 Å². The number of fused-ring (bicyclic) bond motifs is 1. The molecule has 1 aromatic rings. The van der Waals surface area contributed by atoms with Gasteiger partial charge < -0.3 is 9.78 Å². The van der Waals surface area contributed by atoms with E-state index in [4.69, 9.17) is 11.6 Å². The van der Waals surface area contributed by atoms with Crippen molar-refractivity contribution in [3.63, 3.8) is 0 Å². The largest absolute Gasteiger partial charge is 0.504 e. The molecular formula is C7H5ClFINOP. The van der Waals surface area contributed by atoms with E-state index in [1.165, 1.54) is 0 Å². The molecule has 13 heavy (non-hydrogen) atoms. The lowest BCUT2D eigenvalue weighted by atomic mass is 10.1. The molecule has 6 heteroatoms. The molecule has 0 bridgehead atoms. The Labute approximate surface area is 94.4 Å². The van der Waals surface area contributed by atoms with Crippen molar-refractivity contribution in [2.75, 3.05) is 4.67 Å². The molecule has 0 aliphatic carbocycles. The third kappa shape index (κ3) is 1.39. The van der Waals surface area contributed by atoms with Gasteiger partial charge in [-0.3, -0.25) is 0 Å². The Bertz CT molecular complexity index is 376. The van der Waals surface area contributed by atoms with E-state index in [-0.39, 0.29) is 10.8 Å². The molecule has 70 valence electrons. The first-order valence-corrected chi connectivity index (χ1v) is 7.92. The fourth-order valence-corrected chi connectivity index (χ4v) is 3.25. The molecule has 1 atom stereocenters. The van der Waals surface area contributed by atoms with Gasteiger partial charge >= 0.3 is 0 Å². The van der Waals surface area contributed by atoms with Crippen LogP contribution in [0.4, 0.5) is 10.1 Å². The van der Waals surface area contributed by atoms with Crippen molar-refractivity contribution in [1.82, 2.24) is 0 Å². The SMILES string of the molecule is Oc1c(F)c(Cl)cc2c1CN2PI. The van der Waals surface area contributed by atoms with E-state index < -0.39 is 5.82 Å². The number of hydrogen-bond acceptors (Lipinski definition) is 2. The molecule has 0 amide bonds. The first-order valence-electron chi connectivity index (χ1n) is 3.48. The van der Waals surface area contributed by atoms with Crippen LogP contribution in [-0.2, 0) is 6.54 Å². The van der Waals surface area contributed by atoms with Crippen LogP contribution in [0.2, 0.25) is 5.02 Å². The highest BCUT2D eigenvalue weighted by molar-refractivity contribution is 14.2. The van der Waals surface area contributed by atoms with Gasteiger partial charge in [-0.25, -0.2) is 4.39 Å². The van der Waals surface area contributed by atoms with Gasteiger partial charge in [0.2, 0.25) is 0 Å². The zero-order valence-electron chi connectivity index (χ0n) is 6.31. The smallest absolute Gasteiger partial charge is 0.183 e. The van der Waals surface area contributed by atoms with Gasteiger partial charge in [-0.15, -0.1) is 0 Å². The van der Waals surface area contributed by atoms with E-state index >= 15 is 0 Å². The molecule has 1 unspecified atom stereocenters. The molecule has 0 radical (unpaired) electrons. The Morgan fingerprint density at radius 3 is 3.00 bits per heavy atom. The first kappa shape index (κ1) is 9.74. The maximum atomic E-state index is 13.0. The van der Waals surface area contributed by atoms with Crippen LogP contribution in [0.15, 0.2) is 6.07 Å². The standard InChI is InChI=1S/C7H5ClFINOP/c8-4-1-5-3(2-11(5)13-10)7(12)6(4)9/h1,12-13H,2H2. The van der Waals surface area contributed by atoms with E-state index in [9.17, 15) is 9.50 Å². The van der Waals surface area contributed by atoms with Crippen LogP contribution in [0.3, 0.4) is 0 Å². The minimum absolute atomic E-state index is 0.0180. The second kappa shape index (κ2) is 3.41. The summed E-state index contributed by atoms with van der Waals surface area (Å²) in [6, 6.07) is 1.56. The van der Waals surface area contributed by atoms with Gasteiger partial charge in [0.05, 0.1) is 17.3 Å². The van der Waals surface area contributed by atoms with E-state index in [0.717, 1.165) is 5.69 Å². The molecule has 1 N–H and O–H groups in total. The minimum atomic E-state index is -0.711. The van der Waals surface area contributed by atoms with Crippen LogP contribution < -0.4 is 4.67 Å². The Balaban J connectivity index is 2.53.